The average molecular weight is 500 g/mol. The van der Waals surface area contributed by atoms with Gasteiger partial charge in [-0.1, -0.05) is 72.8 Å². The van der Waals surface area contributed by atoms with Crippen molar-refractivity contribution in [2.45, 2.75) is 32.4 Å². The molecular formula is C29H29N3O3S. The van der Waals surface area contributed by atoms with Crippen LogP contribution < -0.4 is 15.5 Å². The fourth-order valence-corrected chi connectivity index (χ4v) is 4.70. The van der Waals surface area contributed by atoms with E-state index in [9.17, 15) is 14.4 Å². The highest BCUT2D eigenvalue weighted by Crippen LogP contribution is 2.34. The Balaban J connectivity index is 1.80. The van der Waals surface area contributed by atoms with Gasteiger partial charge in [0.05, 0.1) is 17.1 Å². The van der Waals surface area contributed by atoms with Gasteiger partial charge >= 0.3 is 0 Å². The van der Waals surface area contributed by atoms with Gasteiger partial charge in [0.25, 0.3) is 5.91 Å². The number of thiophene rings is 1. The Labute approximate surface area is 214 Å². The molecule has 1 heterocycles. The summed E-state index contributed by atoms with van der Waals surface area (Å²) in [6.45, 7) is 5.45. The molecule has 6 nitrogen and oxygen atoms in total. The van der Waals surface area contributed by atoms with Crippen LogP contribution in [0.1, 0.15) is 42.0 Å². The topological polar surface area (TPSA) is 78.5 Å². The maximum Gasteiger partial charge on any atom is 0.261 e. The van der Waals surface area contributed by atoms with Gasteiger partial charge in [-0.05, 0) is 49.2 Å². The molecule has 0 aliphatic heterocycles. The van der Waals surface area contributed by atoms with Gasteiger partial charge in [-0.3, -0.25) is 19.3 Å². The second kappa shape index (κ2) is 10.7. The van der Waals surface area contributed by atoms with E-state index in [2.05, 4.69) is 10.6 Å². The normalized spacial score (nSPS) is 12.1. The molecule has 0 saturated carbocycles. The minimum atomic E-state index is -0.942. The lowest BCUT2D eigenvalue weighted by atomic mass is 9.99. The molecule has 0 radical (unpaired) electrons. The smallest absolute Gasteiger partial charge is 0.261 e. The number of carbonyl (C=O) groups is 3. The van der Waals surface area contributed by atoms with Crippen LogP contribution in [0.3, 0.4) is 0 Å². The number of amides is 3. The van der Waals surface area contributed by atoms with Gasteiger partial charge in [0.15, 0.2) is 0 Å². The summed E-state index contributed by atoms with van der Waals surface area (Å²) >= 11 is 1.30. The maximum atomic E-state index is 13.9. The Morgan fingerprint density at radius 3 is 2.25 bits per heavy atom. The molecule has 3 amide bonds. The number of fused-ring (bicyclic) bond motifs is 1. The van der Waals surface area contributed by atoms with Crippen LogP contribution in [0.5, 0.6) is 0 Å². The summed E-state index contributed by atoms with van der Waals surface area (Å²) < 4.78 is 0. The standard InChI is InChI=1S/C29H29N3O3S/c1-29(2,3)31-28(35)26(21-12-5-4-6-13-21)32(23-16-9-14-20-11-7-8-15-22(20)23)25(33)19-30-27(34)24-17-10-18-36-24/h4-18,26H,19H2,1-3H3,(H,30,34)(H,31,35)/t26-/m0/s1. The summed E-state index contributed by atoms with van der Waals surface area (Å²) in [4.78, 5) is 42.2. The lowest BCUT2D eigenvalue weighted by molar-refractivity contribution is -0.127. The van der Waals surface area contributed by atoms with Crippen molar-refractivity contribution in [3.63, 3.8) is 0 Å². The lowest BCUT2D eigenvalue weighted by Crippen LogP contribution is -2.51. The van der Waals surface area contributed by atoms with Gasteiger partial charge in [-0.15, -0.1) is 11.3 Å². The summed E-state index contributed by atoms with van der Waals surface area (Å²) in [5, 5.41) is 9.35. The summed E-state index contributed by atoms with van der Waals surface area (Å²) in [5.41, 5.74) is 0.761. The zero-order valence-corrected chi connectivity index (χ0v) is 21.3. The number of carbonyl (C=O) groups excluding carboxylic acids is 3. The first-order valence-electron chi connectivity index (χ1n) is 11.7. The third kappa shape index (κ3) is 5.80. The van der Waals surface area contributed by atoms with Crippen molar-refractivity contribution >= 4 is 45.5 Å². The van der Waals surface area contributed by atoms with E-state index in [0.717, 1.165) is 10.8 Å². The van der Waals surface area contributed by atoms with Crippen LogP contribution in [0.15, 0.2) is 90.3 Å². The molecule has 7 heteroatoms. The number of hydrogen-bond acceptors (Lipinski definition) is 4. The fourth-order valence-electron chi connectivity index (χ4n) is 4.06. The van der Waals surface area contributed by atoms with Crippen molar-refractivity contribution in [3.8, 4) is 0 Å². The minimum Gasteiger partial charge on any atom is -0.349 e. The van der Waals surface area contributed by atoms with Gasteiger partial charge in [0.2, 0.25) is 11.8 Å². The van der Waals surface area contributed by atoms with Gasteiger partial charge in [-0.2, -0.15) is 0 Å². The third-order valence-electron chi connectivity index (χ3n) is 5.56. The van der Waals surface area contributed by atoms with Crippen molar-refractivity contribution < 1.29 is 14.4 Å². The van der Waals surface area contributed by atoms with E-state index in [1.165, 1.54) is 16.2 Å². The number of rotatable bonds is 7. The molecule has 0 unspecified atom stereocenters. The zero-order valence-electron chi connectivity index (χ0n) is 20.5. The van der Waals surface area contributed by atoms with Crippen molar-refractivity contribution in [2.75, 3.05) is 11.4 Å². The van der Waals surface area contributed by atoms with Gasteiger partial charge in [0, 0.05) is 10.9 Å². The first kappa shape index (κ1) is 25.1. The van der Waals surface area contributed by atoms with Gasteiger partial charge in [-0.25, -0.2) is 0 Å². The van der Waals surface area contributed by atoms with Gasteiger partial charge < -0.3 is 10.6 Å². The minimum absolute atomic E-state index is 0.258. The Kier molecular flexibility index (Phi) is 7.50. The van der Waals surface area contributed by atoms with Crippen LogP contribution in [0.4, 0.5) is 5.69 Å². The highest BCUT2D eigenvalue weighted by molar-refractivity contribution is 7.12. The first-order valence-corrected chi connectivity index (χ1v) is 12.6. The van der Waals surface area contributed by atoms with E-state index >= 15 is 0 Å². The fraction of sp³-hybridized carbons (Fsp3) is 0.207. The second-order valence-corrected chi connectivity index (χ2v) is 10.4. The number of anilines is 1. The summed E-state index contributed by atoms with van der Waals surface area (Å²) in [7, 11) is 0. The number of nitrogens with one attached hydrogen (secondary N) is 2. The molecule has 4 aromatic rings. The van der Waals surface area contributed by atoms with E-state index < -0.39 is 17.5 Å². The molecule has 3 aromatic carbocycles. The third-order valence-corrected chi connectivity index (χ3v) is 6.43. The highest BCUT2D eigenvalue weighted by atomic mass is 32.1. The van der Waals surface area contributed by atoms with Crippen LogP contribution in [-0.4, -0.2) is 29.8 Å². The molecule has 0 bridgehead atoms. The monoisotopic (exact) mass is 499 g/mol. The highest BCUT2D eigenvalue weighted by Gasteiger charge is 2.35. The van der Waals surface area contributed by atoms with E-state index in [0.29, 0.717) is 16.1 Å². The van der Waals surface area contributed by atoms with Crippen molar-refractivity contribution in [2.24, 2.45) is 0 Å². The van der Waals surface area contributed by atoms with Crippen LogP contribution in [0, 0.1) is 0 Å². The van der Waals surface area contributed by atoms with Crippen molar-refractivity contribution in [1.29, 1.82) is 0 Å². The Morgan fingerprint density at radius 1 is 0.861 bits per heavy atom. The predicted molar refractivity (Wildman–Crippen MR) is 145 cm³/mol. The lowest BCUT2D eigenvalue weighted by Gasteiger charge is -2.34. The largest absolute Gasteiger partial charge is 0.349 e. The first-order chi connectivity index (χ1) is 17.2. The van der Waals surface area contributed by atoms with E-state index in [1.54, 1.807) is 17.5 Å². The Hall–Kier alpha value is -3.97. The Bertz CT molecular complexity index is 1360. The maximum absolute atomic E-state index is 13.9. The molecule has 2 N–H and O–H groups in total. The predicted octanol–water partition coefficient (Wildman–Crippen LogP) is 5.32. The zero-order chi connectivity index (χ0) is 25.7. The summed E-state index contributed by atoms with van der Waals surface area (Å²) in [5.74, 6) is -1.03. The molecule has 1 aromatic heterocycles. The van der Waals surface area contributed by atoms with E-state index in [-0.39, 0.29) is 18.4 Å². The van der Waals surface area contributed by atoms with Crippen molar-refractivity contribution in [3.05, 3.63) is 101 Å². The average Bonchev–Trinajstić information content (AvgIpc) is 3.40. The number of hydrogen-bond donors (Lipinski definition) is 2. The van der Waals surface area contributed by atoms with E-state index in [1.807, 2.05) is 93.6 Å². The summed E-state index contributed by atoms with van der Waals surface area (Å²) in [6, 6.07) is 25.2. The number of benzene rings is 3. The SMILES string of the molecule is CC(C)(C)NC(=O)[C@H](c1ccccc1)N(C(=O)CNC(=O)c1cccs1)c1cccc2ccccc12. The molecule has 0 aliphatic carbocycles. The molecular weight excluding hydrogens is 470 g/mol. The molecule has 0 saturated heterocycles. The molecule has 0 fully saturated rings. The number of nitrogens with zero attached hydrogens (tertiary/aromatic N) is 1. The molecule has 0 spiro atoms. The van der Waals surface area contributed by atoms with E-state index in [4.69, 9.17) is 0 Å². The molecule has 1 atom stereocenters. The molecule has 36 heavy (non-hydrogen) atoms. The van der Waals surface area contributed by atoms with Crippen LogP contribution in [0.25, 0.3) is 10.8 Å². The van der Waals surface area contributed by atoms with Gasteiger partial charge in [0.1, 0.15) is 6.04 Å². The van der Waals surface area contributed by atoms with Crippen LogP contribution >= 0.6 is 11.3 Å². The molecule has 184 valence electrons. The Morgan fingerprint density at radius 2 is 1.56 bits per heavy atom. The second-order valence-electron chi connectivity index (χ2n) is 9.47. The summed E-state index contributed by atoms with van der Waals surface area (Å²) in [6.07, 6.45) is 0. The molecule has 4 rings (SSSR count). The van der Waals surface area contributed by atoms with Crippen LogP contribution in [-0.2, 0) is 9.59 Å². The van der Waals surface area contributed by atoms with Crippen LogP contribution in [0.2, 0.25) is 0 Å². The molecule has 0 aliphatic rings. The van der Waals surface area contributed by atoms with Crippen molar-refractivity contribution in [1.82, 2.24) is 10.6 Å². The quantitative estimate of drug-likeness (QED) is 0.361.